The molecule has 0 saturated carbocycles. The lowest BCUT2D eigenvalue weighted by Crippen LogP contribution is -2.06. The summed E-state index contributed by atoms with van der Waals surface area (Å²) in [5.41, 5.74) is 4.11. The Morgan fingerprint density at radius 1 is 1.43 bits per heavy atom. The zero-order chi connectivity index (χ0) is 14.7. The Morgan fingerprint density at radius 2 is 2.33 bits per heavy atom. The third kappa shape index (κ3) is 2.94. The van der Waals surface area contributed by atoms with Crippen LogP contribution in [0.2, 0.25) is 0 Å². The third-order valence-electron chi connectivity index (χ3n) is 4.02. The van der Waals surface area contributed by atoms with E-state index in [0.717, 1.165) is 25.0 Å². The molecule has 3 rings (SSSR count). The maximum Gasteiger partial charge on any atom is 0.181 e. The van der Waals surface area contributed by atoms with Crippen LogP contribution < -0.4 is 0 Å². The summed E-state index contributed by atoms with van der Waals surface area (Å²) in [6.07, 6.45) is 9.33. The van der Waals surface area contributed by atoms with Gasteiger partial charge in [0.05, 0.1) is 5.69 Å². The second kappa shape index (κ2) is 6.04. The van der Waals surface area contributed by atoms with Gasteiger partial charge in [0.15, 0.2) is 5.78 Å². The Labute approximate surface area is 124 Å². The minimum atomic E-state index is 0.107. The number of nitrogens with zero attached hydrogens (tertiary/aromatic N) is 2. The highest BCUT2D eigenvalue weighted by atomic mass is 16.1. The summed E-state index contributed by atoms with van der Waals surface area (Å²) < 4.78 is 0. The van der Waals surface area contributed by atoms with E-state index < -0.39 is 0 Å². The molecule has 4 heteroatoms. The van der Waals surface area contributed by atoms with Gasteiger partial charge in [0, 0.05) is 23.9 Å². The third-order valence-corrected chi connectivity index (χ3v) is 4.02. The Kier molecular flexibility index (Phi) is 3.95. The number of pyridine rings is 1. The van der Waals surface area contributed by atoms with Crippen LogP contribution in [0.1, 0.15) is 59.5 Å². The van der Waals surface area contributed by atoms with Crippen molar-refractivity contribution >= 4 is 11.9 Å². The van der Waals surface area contributed by atoms with Crippen molar-refractivity contribution < 1.29 is 4.79 Å². The Morgan fingerprint density at radius 3 is 3.14 bits per heavy atom. The van der Waals surface area contributed by atoms with Crippen LogP contribution in [0, 0.1) is 0 Å². The summed E-state index contributed by atoms with van der Waals surface area (Å²) in [6, 6.07) is 5.45. The number of fused-ring (bicyclic) bond motifs is 1. The van der Waals surface area contributed by atoms with Crippen LogP contribution in [-0.4, -0.2) is 21.0 Å². The molecule has 2 heterocycles. The maximum atomic E-state index is 12.1. The van der Waals surface area contributed by atoms with Gasteiger partial charge in [-0.05, 0) is 43.4 Å². The summed E-state index contributed by atoms with van der Waals surface area (Å²) in [6.45, 7) is 2.15. The molecule has 0 spiro atoms. The molecule has 108 valence electrons. The maximum absolute atomic E-state index is 12.1. The zero-order valence-electron chi connectivity index (χ0n) is 12.2. The van der Waals surface area contributed by atoms with Gasteiger partial charge in [-0.1, -0.05) is 19.1 Å². The van der Waals surface area contributed by atoms with Crippen LogP contribution >= 0.6 is 0 Å². The Balaban J connectivity index is 1.65. The topological polar surface area (TPSA) is 58.6 Å². The Bertz CT molecular complexity index is 658. The van der Waals surface area contributed by atoms with Crippen LogP contribution in [-0.2, 0) is 6.42 Å². The second-order valence-corrected chi connectivity index (χ2v) is 5.52. The molecule has 2 aromatic heterocycles. The summed E-state index contributed by atoms with van der Waals surface area (Å²) in [5.74, 6) is 0.413. The molecule has 1 atom stereocenters. The zero-order valence-corrected chi connectivity index (χ0v) is 12.2. The molecule has 0 aliphatic heterocycles. The van der Waals surface area contributed by atoms with E-state index in [2.05, 4.69) is 34.3 Å². The van der Waals surface area contributed by atoms with Crippen molar-refractivity contribution in [2.75, 3.05) is 0 Å². The van der Waals surface area contributed by atoms with Gasteiger partial charge in [0.2, 0.25) is 0 Å². The van der Waals surface area contributed by atoms with Crippen molar-refractivity contribution in [1.29, 1.82) is 0 Å². The monoisotopic (exact) mass is 281 g/mol. The van der Waals surface area contributed by atoms with E-state index >= 15 is 0 Å². The number of aromatic nitrogens is 3. The molecule has 1 aliphatic carbocycles. The lowest BCUT2D eigenvalue weighted by molar-refractivity contribution is 0.0973. The van der Waals surface area contributed by atoms with Crippen molar-refractivity contribution in [2.24, 2.45) is 0 Å². The van der Waals surface area contributed by atoms with Gasteiger partial charge in [0.1, 0.15) is 5.69 Å². The highest BCUT2D eigenvalue weighted by Gasteiger charge is 2.19. The predicted molar refractivity (Wildman–Crippen MR) is 82.2 cm³/mol. The molecule has 0 fully saturated rings. The number of carbonyl (C=O) groups excluding carboxylic acids is 1. The summed E-state index contributed by atoms with van der Waals surface area (Å²) in [7, 11) is 0. The van der Waals surface area contributed by atoms with E-state index in [-0.39, 0.29) is 5.78 Å². The molecule has 0 saturated heterocycles. The quantitative estimate of drug-likeness (QED) is 0.853. The molecule has 21 heavy (non-hydrogen) atoms. The van der Waals surface area contributed by atoms with E-state index in [4.69, 9.17) is 0 Å². The molecule has 1 unspecified atom stereocenters. The van der Waals surface area contributed by atoms with Gasteiger partial charge < -0.3 is 0 Å². The van der Waals surface area contributed by atoms with Gasteiger partial charge in [-0.3, -0.25) is 14.9 Å². The first-order valence-electron chi connectivity index (χ1n) is 7.43. The molecule has 0 aromatic carbocycles. The van der Waals surface area contributed by atoms with Crippen LogP contribution in [0.5, 0.6) is 0 Å². The second-order valence-electron chi connectivity index (χ2n) is 5.52. The lowest BCUT2D eigenvalue weighted by atomic mass is 9.92. The molecule has 1 N–H and O–H groups in total. The van der Waals surface area contributed by atoms with E-state index in [0.29, 0.717) is 18.0 Å². The minimum Gasteiger partial charge on any atom is -0.292 e. The number of carbonyl (C=O) groups is 1. The summed E-state index contributed by atoms with van der Waals surface area (Å²) in [5, 5.41) is 7.51. The van der Waals surface area contributed by atoms with Gasteiger partial charge >= 0.3 is 0 Å². The molecule has 4 nitrogen and oxygen atoms in total. The van der Waals surface area contributed by atoms with Gasteiger partial charge in [-0.15, -0.1) is 0 Å². The minimum absolute atomic E-state index is 0.107. The molecule has 0 bridgehead atoms. The lowest BCUT2D eigenvalue weighted by Gasteiger charge is -2.13. The predicted octanol–water partition coefficient (Wildman–Crippen LogP) is 3.53. The van der Waals surface area contributed by atoms with Crippen molar-refractivity contribution in [3.8, 4) is 0 Å². The summed E-state index contributed by atoms with van der Waals surface area (Å²) in [4.78, 5) is 16.2. The smallest absolute Gasteiger partial charge is 0.181 e. The number of hydrogen-bond donors (Lipinski definition) is 1. The number of rotatable bonds is 5. The van der Waals surface area contributed by atoms with Crippen molar-refractivity contribution in [1.82, 2.24) is 15.2 Å². The molecule has 1 aliphatic rings. The number of nitrogens with one attached hydrogen (secondary N) is 1. The summed E-state index contributed by atoms with van der Waals surface area (Å²) >= 11 is 0. The number of ketones is 1. The molecule has 0 radical (unpaired) electrons. The van der Waals surface area contributed by atoms with E-state index in [1.807, 2.05) is 12.1 Å². The van der Waals surface area contributed by atoms with Gasteiger partial charge in [0.25, 0.3) is 0 Å². The Hall–Kier alpha value is -2.23. The SMILES string of the molecule is CC(CCC(=O)c1ccccn1)c1[nH]nc2c1CCC=C2. The highest BCUT2D eigenvalue weighted by Crippen LogP contribution is 2.28. The normalized spacial score (nSPS) is 14.7. The van der Waals surface area contributed by atoms with Crippen LogP contribution in [0.4, 0.5) is 0 Å². The van der Waals surface area contributed by atoms with Gasteiger partial charge in [-0.25, -0.2) is 0 Å². The molecular weight excluding hydrogens is 262 g/mol. The van der Waals surface area contributed by atoms with Crippen molar-refractivity contribution in [3.63, 3.8) is 0 Å². The van der Waals surface area contributed by atoms with Crippen LogP contribution in [0.15, 0.2) is 30.5 Å². The van der Waals surface area contributed by atoms with Crippen LogP contribution in [0.3, 0.4) is 0 Å². The fourth-order valence-electron chi connectivity index (χ4n) is 2.77. The first-order valence-corrected chi connectivity index (χ1v) is 7.43. The number of hydrogen-bond acceptors (Lipinski definition) is 3. The average Bonchev–Trinajstić information content (AvgIpc) is 2.97. The number of allylic oxidation sites excluding steroid dienone is 1. The average molecular weight is 281 g/mol. The first-order chi connectivity index (χ1) is 10.3. The van der Waals surface area contributed by atoms with Crippen molar-refractivity contribution in [3.05, 3.63) is 53.1 Å². The number of aromatic amines is 1. The molecular formula is C17H19N3O. The van der Waals surface area contributed by atoms with Crippen LogP contribution in [0.25, 0.3) is 6.08 Å². The van der Waals surface area contributed by atoms with E-state index in [1.165, 1.54) is 11.3 Å². The standard InChI is InChI=1S/C17H19N3O/c1-12(9-10-16(21)15-8-4-5-11-18-15)17-13-6-2-3-7-14(13)19-20-17/h3-5,7-8,11-12H,2,6,9-10H2,1H3,(H,19,20). The van der Waals surface area contributed by atoms with E-state index in [9.17, 15) is 4.79 Å². The highest BCUT2D eigenvalue weighted by molar-refractivity contribution is 5.94. The number of Topliss-reactive ketones (excluding diaryl/α,β-unsaturated/α-hetero) is 1. The largest absolute Gasteiger partial charge is 0.292 e. The van der Waals surface area contributed by atoms with Gasteiger partial charge in [-0.2, -0.15) is 5.10 Å². The molecule has 2 aromatic rings. The fraction of sp³-hybridized carbons (Fsp3) is 0.353. The van der Waals surface area contributed by atoms with Crippen molar-refractivity contribution in [2.45, 2.75) is 38.5 Å². The first kappa shape index (κ1) is 13.7. The molecule has 0 amide bonds. The van der Waals surface area contributed by atoms with E-state index in [1.54, 1.807) is 12.3 Å². The number of H-pyrrole nitrogens is 1. The fourth-order valence-corrected chi connectivity index (χ4v) is 2.77.